The van der Waals surface area contributed by atoms with Gasteiger partial charge in [0.25, 0.3) is 5.91 Å². The van der Waals surface area contributed by atoms with Crippen LogP contribution in [0.4, 0.5) is 4.39 Å². The summed E-state index contributed by atoms with van der Waals surface area (Å²) < 4.78 is 19.1. The van der Waals surface area contributed by atoms with Gasteiger partial charge in [-0.1, -0.05) is 24.3 Å². The van der Waals surface area contributed by atoms with E-state index in [1.807, 2.05) is 12.1 Å². The molecule has 0 spiro atoms. The van der Waals surface area contributed by atoms with Crippen LogP contribution in [0.2, 0.25) is 0 Å². The van der Waals surface area contributed by atoms with Crippen LogP contribution >= 0.6 is 0 Å². The molecule has 0 bridgehead atoms. The van der Waals surface area contributed by atoms with E-state index in [-0.39, 0.29) is 29.3 Å². The molecule has 0 aliphatic heterocycles. The van der Waals surface area contributed by atoms with Crippen LogP contribution in [0.5, 0.6) is 11.6 Å². The first kappa shape index (κ1) is 21.0. The van der Waals surface area contributed by atoms with E-state index in [9.17, 15) is 14.3 Å². The Morgan fingerprint density at radius 3 is 2.63 bits per heavy atom. The summed E-state index contributed by atoms with van der Waals surface area (Å²) in [5.41, 5.74) is 0.740. The number of amides is 1. The van der Waals surface area contributed by atoms with E-state index in [4.69, 9.17) is 10.00 Å². The lowest BCUT2D eigenvalue weighted by Gasteiger charge is -2.18. The number of pyridine rings is 1. The number of halogens is 1. The molecule has 0 atom stereocenters. The van der Waals surface area contributed by atoms with E-state index in [1.54, 1.807) is 44.2 Å². The van der Waals surface area contributed by atoms with Crippen molar-refractivity contribution in [1.29, 1.82) is 5.26 Å². The lowest BCUT2D eigenvalue weighted by Crippen LogP contribution is -2.23. The number of aromatic nitrogens is 1. The number of benzene rings is 2. The van der Waals surface area contributed by atoms with Crippen molar-refractivity contribution in [2.24, 2.45) is 0 Å². The van der Waals surface area contributed by atoms with Crippen LogP contribution in [0.15, 0.2) is 60.8 Å². The predicted octanol–water partition coefficient (Wildman–Crippen LogP) is 4.04. The van der Waals surface area contributed by atoms with Crippen LogP contribution < -0.4 is 10.1 Å². The smallest absolute Gasteiger partial charge is 0.257 e. The molecule has 0 fully saturated rings. The molecular weight excluding hydrogens is 385 g/mol. The second kappa shape index (κ2) is 8.72. The molecule has 0 saturated carbocycles. The highest BCUT2D eigenvalue weighted by molar-refractivity contribution is 5.96. The molecule has 1 aromatic heterocycles. The first-order chi connectivity index (χ1) is 14.3. The lowest BCUT2D eigenvalue weighted by atomic mass is 9.97. The number of rotatable bonds is 6. The van der Waals surface area contributed by atoms with Gasteiger partial charge in [-0.25, -0.2) is 9.37 Å². The summed E-state index contributed by atoms with van der Waals surface area (Å²) in [6.07, 6.45) is 1.47. The fourth-order valence-corrected chi connectivity index (χ4v) is 2.72. The topological polar surface area (TPSA) is 95.2 Å². The van der Waals surface area contributed by atoms with E-state index in [1.165, 1.54) is 18.3 Å². The Morgan fingerprint density at radius 1 is 1.23 bits per heavy atom. The Morgan fingerprint density at radius 2 is 1.97 bits per heavy atom. The maximum absolute atomic E-state index is 13.5. The summed E-state index contributed by atoms with van der Waals surface area (Å²) in [5, 5.41) is 21.8. The van der Waals surface area contributed by atoms with Gasteiger partial charge in [-0.2, -0.15) is 5.26 Å². The number of ether oxygens (including phenoxy) is 1. The molecule has 3 aromatic rings. The Balaban J connectivity index is 1.72. The minimum atomic E-state index is -0.935. The number of nitriles is 1. The van der Waals surface area contributed by atoms with Crippen molar-refractivity contribution in [3.05, 3.63) is 88.9 Å². The number of carbonyl (C=O) groups is 1. The summed E-state index contributed by atoms with van der Waals surface area (Å²) in [6, 6.07) is 15.9. The Hall–Kier alpha value is -3.76. The van der Waals surface area contributed by atoms with E-state index < -0.39 is 17.3 Å². The van der Waals surface area contributed by atoms with Crippen molar-refractivity contribution in [3.63, 3.8) is 0 Å². The van der Waals surface area contributed by atoms with Crippen LogP contribution in [-0.4, -0.2) is 16.0 Å². The molecule has 0 radical (unpaired) electrons. The van der Waals surface area contributed by atoms with Gasteiger partial charge in [0, 0.05) is 18.8 Å². The molecule has 2 N–H and O–H groups in total. The van der Waals surface area contributed by atoms with Crippen molar-refractivity contribution >= 4 is 5.91 Å². The molecule has 7 heteroatoms. The maximum Gasteiger partial charge on any atom is 0.257 e. The monoisotopic (exact) mass is 405 g/mol. The molecule has 0 aliphatic carbocycles. The number of nitrogens with zero attached hydrogens (tertiary/aromatic N) is 2. The normalized spacial score (nSPS) is 10.9. The van der Waals surface area contributed by atoms with Crippen LogP contribution in [0.25, 0.3) is 0 Å². The van der Waals surface area contributed by atoms with Crippen LogP contribution in [0.3, 0.4) is 0 Å². The molecular formula is C23H20FN3O3. The summed E-state index contributed by atoms with van der Waals surface area (Å²) in [5.74, 6) is -0.808. The summed E-state index contributed by atoms with van der Waals surface area (Å²) in [4.78, 5) is 16.7. The Kier molecular flexibility index (Phi) is 6.09. The van der Waals surface area contributed by atoms with Crippen LogP contribution in [0.1, 0.15) is 40.9 Å². The average Bonchev–Trinajstić information content (AvgIpc) is 2.73. The molecule has 1 amide bonds. The number of aliphatic hydroxyl groups is 1. The molecule has 0 saturated heterocycles. The van der Waals surface area contributed by atoms with Gasteiger partial charge in [0.15, 0.2) is 0 Å². The zero-order valence-corrected chi connectivity index (χ0v) is 16.5. The molecule has 0 unspecified atom stereocenters. The highest BCUT2D eigenvalue weighted by Crippen LogP contribution is 2.25. The standard InChI is InChI=1S/C23H20FN3O3/c1-23(2,29)17-7-5-15(6-8-17)14-27-21(28)19-4-3-11-26-22(19)30-18-9-10-20(24)16(12-18)13-25/h3-12,29H,14H2,1-2H3,(H,27,28). The molecule has 3 rings (SSSR count). The van der Waals surface area contributed by atoms with E-state index in [2.05, 4.69) is 10.3 Å². The molecule has 1 heterocycles. The minimum absolute atomic E-state index is 0.0443. The zero-order valence-electron chi connectivity index (χ0n) is 16.5. The lowest BCUT2D eigenvalue weighted by molar-refractivity contribution is 0.0785. The number of carbonyl (C=O) groups excluding carboxylic acids is 1. The number of nitrogens with one attached hydrogen (secondary N) is 1. The average molecular weight is 405 g/mol. The second-order valence-electron chi connectivity index (χ2n) is 7.15. The van der Waals surface area contributed by atoms with Crippen molar-refractivity contribution in [2.75, 3.05) is 0 Å². The van der Waals surface area contributed by atoms with Crippen molar-refractivity contribution < 1.29 is 19.0 Å². The third-order valence-corrected chi connectivity index (χ3v) is 4.40. The summed E-state index contributed by atoms with van der Waals surface area (Å²) in [6.45, 7) is 3.68. The molecule has 30 heavy (non-hydrogen) atoms. The fourth-order valence-electron chi connectivity index (χ4n) is 2.72. The van der Waals surface area contributed by atoms with Gasteiger partial charge in [0.1, 0.15) is 23.2 Å². The first-order valence-electron chi connectivity index (χ1n) is 9.20. The van der Waals surface area contributed by atoms with Crippen LogP contribution in [-0.2, 0) is 12.1 Å². The second-order valence-corrected chi connectivity index (χ2v) is 7.15. The SMILES string of the molecule is CC(C)(O)c1ccc(CNC(=O)c2cccnc2Oc2ccc(F)c(C#N)c2)cc1. The summed E-state index contributed by atoms with van der Waals surface area (Å²) >= 11 is 0. The highest BCUT2D eigenvalue weighted by Gasteiger charge is 2.17. The summed E-state index contributed by atoms with van der Waals surface area (Å²) in [7, 11) is 0. The molecule has 0 aliphatic rings. The molecule has 6 nitrogen and oxygen atoms in total. The van der Waals surface area contributed by atoms with E-state index in [0.717, 1.165) is 17.2 Å². The minimum Gasteiger partial charge on any atom is -0.438 e. The third-order valence-electron chi connectivity index (χ3n) is 4.40. The Bertz CT molecular complexity index is 1100. The largest absolute Gasteiger partial charge is 0.438 e. The van der Waals surface area contributed by atoms with Crippen molar-refractivity contribution in [3.8, 4) is 17.7 Å². The zero-order chi connectivity index (χ0) is 21.7. The molecule has 2 aromatic carbocycles. The molecule has 152 valence electrons. The fraction of sp³-hybridized carbons (Fsp3) is 0.174. The van der Waals surface area contributed by atoms with E-state index >= 15 is 0 Å². The highest BCUT2D eigenvalue weighted by atomic mass is 19.1. The van der Waals surface area contributed by atoms with Gasteiger partial charge in [-0.15, -0.1) is 0 Å². The van der Waals surface area contributed by atoms with E-state index in [0.29, 0.717) is 0 Å². The van der Waals surface area contributed by atoms with Gasteiger partial charge in [0.2, 0.25) is 5.88 Å². The van der Waals surface area contributed by atoms with Gasteiger partial charge in [-0.05, 0) is 49.2 Å². The predicted molar refractivity (Wildman–Crippen MR) is 108 cm³/mol. The Labute approximate surface area is 173 Å². The maximum atomic E-state index is 13.5. The number of hydrogen-bond donors (Lipinski definition) is 2. The van der Waals surface area contributed by atoms with Crippen LogP contribution in [0, 0.1) is 17.1 Å². The van der Waals surface area contributed by atoms with Gasteiger partial charge >= 0.3 is 0 Å². The quantitative estimate of drug-likeness (QED) is 0.645. The van der Waals surface area contributed by atoms with Crippen molar-refractivity contribution in [2.45, 2.75) is 26.0 Å². The van der Waals surface area contributed by atoms with Gasteiger partial charge in [-0.3, -0.25) is 4.79 Å². The first-order valence-corrected chi connectivity index (χ1v) is 9.20. The number of hydrogen-bond acceptors (Lipinski definition) is 5. The van der Waals surface area contributed by atoms with Gasteiger partial charge in [0.05, 0.1) is 11.2 Å². The van der Waals surface area contributed by atoms with Gasteiger partial charge < -0.3 is 15.2 Å². The van der Waals surface area contributed by atoms with Crippen molar-refractivity contribution in [1.82, 2.24) is 10.3 Å². The third kappa shape index (κ3) is 4.99.